The molecule has 2 aliphatic rings. The fraction of sp³-hybridized carbons (Fsp3) is 0.227. The lowest BCUT2D eigenvalue weighted by Crippen LogP contribution is -2.42. The highest BCUT2D eigenvalue weighted by Crippen LogP contribution is 2.53. The number of fused-ring (bicyclic) bond motifs is 2. The summed E-state index contributed by atoms with van der Waals surface area (Å²) in [4.78, 5) is 80.0. The van der Waals surface area contributed by atoms with Crippen LogP contribution < -0.4 is 25.8 Å². The van der Waals surface area contributed by atoms with Crippen molar-refractivity contribution in [1.82, 2.24) is 15.0 Å². The van der Waals surface area contributed by atoms with Gasteiger partial charge in [0.15, 0.2) is 0 Å². The number of aryl methyl sites for hydroxylation is 2. The summed E-state index contributed by atoms with van der Waals surface area (Å²) in [6, 6.07) is 37.6. The number of hydrogen-bond donors (Lipinski definition) is 3. The minimum absolute atomic E-state index is 0.0193. The van der Waals surface area contributed by atoms with Crippen LogP contribution in [0.2, 0.25) is 0 Å². The lowest BCUT2D eigenvalue weighted by atomic mass is 9.81. The van der Waals surface area contributed by atoms with E-state index in [1.165, 1.54) is 21.6 Å². The van der Waals surface area contributed by atoms with Crippen LogP contribution in [-0.4, -0.2) is 45.6 Å². The van der Waals surface area contributed by atoms with Crippen molar-refractivity contribution < 1.29 is 19.2 Å². The number of aromatic nitrogens is 3. The third kappa shape index (κ3) is 8.44. The zero-order valence-electron chi connectivity index (χ0n) is 46.4. The molecule has 0 aliphatic carbocycles. The average molecular weight is 1140 g/mol. The molecule has 9 aromatic carbocycles. The number of nitrogens with one attached hydrogen (secondary N) is 3. The van der Waals surface area contributed by atoms with Crippen LogP contribution in [-0.2, 0) is 0 Å². The van der Waals surface area contributed by atoms with Crippen molar-refractivity contribution in [1.29, 1.82) is 0 Å². The molecule has 80 heavy (non-hydrogen) atoms. The topological polar surface area (TPSA) is 150 Å². The van der Waals surface area contributed by atoms with E-state index in [2.05, 4.69) is 103 Å². The number of nitrogens with zero attached hydrogens (tertiary/aromatic N) is 5. The molecule has 12 nitrogen and oxygen atoms in total. The second kappa shape index (κ2) is 19.9. The quantitative estimate of drug-likeness (QED) is 0.0575. The molecule has 0 atom stereocenters. The van der Waals surface area contributed by atoms with E-state index in [0.29, 0.717) is 66.7 Å². The Morgan fingerprint density at radius 1 is 0.450 bits per heavy atom. The zero-order valence-corrected chi connectivity index (χ0v) is 48.8. The Morgan fingerprint density at radius 2 is 0.875 bits per heavy atom. The summed E-state index contributed by atoms with van der Waals surface area (Å²) in [5.74, 6) is -0.359. The van der Waals surface area contributed by atoms with Gasteiger partial charge in [-0.05, 0) is 142 Å². The lowest BCUT2D eigenvalue weighted by Gasteiger charge is -2.34. The molecule has 2 aliphatic heterocycles. The molecule has 0 saturated heterocycles. The van der Waals surface area contributed by atoms with E-state index in [0.717, 1.165) is 86.9 Å². The van der Waals surface area contributed by atoms with Crippen LogP contribution in [0, 0.1) is 13.8 Å². The normalized spacial score (nSPS) is 13.6. The second-order valence-electron chi connectivity index (χ2n) is 22.3. The molecule has 0 radical (unpaired) electrons. The van der Waals surface area contributed by atoms with Crippen LogP contribution in [0.3, 0.4) is 0 Å². The summed E-state index contributed by atoms with van der Waals surface area (Å²) in [6.07, 6.45) is 0. The van der Waals surface area contributed by atoms with E-state index < -0.39 is 11.8 Å². The van der Waals surface area contributed by atoms with E-state index in [1.54, 1.807) is 7.05 Å². The molecule has 0 fully saturated rings. The van der Waals surface area contributed by atoms with Crippen molar-refractivity contribution in [2.45, 2.75) is 103 Å². The van der Waals surface area contributed by atoms with Crippen molar-refractivity contribution in [2.24, 2.45) is 0 Å². The van der Waals surface area contributed by atoms with Crippen molar-refractivity contribution >= 4 is 135 Å². The zero-order chi connectivity index (χ0) is 56.3. The van der Waals surface area contributed by atoms with Gasteiger partial charge in [0.25, 0.3) is 23.6 Å². The van der Waals surface area contributed by atoms with Gasteiger partial charge >= 0.3 is 0 Å². The van der Waals surface area contributed by atoms with Gasteiger partial charge in [-0.15, -0.1) is 0 Å². The highest BCUT2D eigenvalue weighted by molar-refractivity contribution is 9.10. The summed E-state index contributed by atoms with van der Waals surface area (Å²) in [6.45, 7) is 20.7. The average Bonchev–Trinajstić information content (AvgIpc) is 3.61. The number of anilines is 7. The number of rotatable bonds is 13. The SMILES string of the molecule is CNc1nc(Nc2ccc(Sc3cc4c5c(ccc6c7c(Br)cc8c9c(ccc(c3c56)c97)C(=O)N(c3c(C(C)C)cccc3C(C)C)C8=O)C(=O)N(c3c(C(C)C)cccc3C(C)C)C4=O)cc2)nc(Nc2cc(C)cc(C)c2)n1. The van der Waals surface area contributed by atoms with Gasteiger partial charge in [0.05, 0.1) is 22.5 Å². The first-order chi connectivity index (χ1) is 38.3. The standard InChI is InChI=1S/C66H59BrN8O4S/c1-31(2)40-14-12-15-41(32(3)4)58(40)74-60(76)46-25-23-45-55-51(80-39-20-18-37(19-21-39)69-65-71-64(68-11)72-66(73-65)70-38-27-35(9)26-36(10)28-38)30-49-53-47(24-22-44(57(53)55)54-50(67)29-48(62(74)78)52(46)56(45)54)61(77)75(63(49)79)59-42(33(5)6)16-13-17-43(59)34(7)8/h12-34H,1-11H3,(H3,68,69,70,71,72,73). The molecule has 1 aromatic heterocycles. The summed E-state index contributed by atoms with van der Waals surface area (Å²) in [7, 11) is 1.76. The second-order valence-corrected chi connectivity index (χ2v) is 24.3. The highest BCUT2D eigenvalue weighted by atomic mass is 79.9. The largest absolute Gasteiger partial charge is 0.357 e. The van der Waals surface area contributed by atoms with E-state index in [1.807, 2.05) is 123 Å². The van der Waals surface area contributed by atoms with Crippen LogP contribution in [0.1, 0.15) is 154 Å². The maximum atomic E-state index is 15.7. The summed E-state index contributed by atoms with van der Waals surface area (Å²) in [5.41, 5.74) is 10.4. The predicted molar refractivity (Wildman–Crippen MR) is 329 cm³/mol. The number of carbonyl (C=O) groups is 4. The van der Waals surface area contributed by atoms with Gasteiger partial charge in [-0.2, -0.15) is 15.0 Å². The number of amides is 4. The Morgan fingerprint density at radius 3 is 1.35 bits per heavy atom. The molecular weight excluding hydrogens is 1080 g/mol. The fourth-order valence-corrected chi connectivity index (χ4v) is 13.7. The van der Waals surface area contributed by atoms with Gasteiger partial charge in [-0.1, -0.05) is 138 Å². The Kier molecular flexibility index (Phi) is 13.0. The Labute approximate surface area is 477 Å². The van der Waals surface area contributed by atoms with Crippen LogP contribution >= 0.6 is 27.7 Å². The van der Waals surface area contributed by atoms with E-state index in [9.17, 15) is 0 Å². The Hall–Kier alpha value is -8.20. The monoisotopic (exact) mass is 1140 g/mol. The van der Waals surface area contributed by atoms with Crippen molar-refractivity contribution in [2.75, 3.05) is 32.8 Å². The fourth-order valence-electron chi connectivity index (χ4n) is 12.0. The number of benzene rings is 9. The van der Waals surface area contributed by atoms with Crippen LogP contribution in [0.5, 0.6) is 0 Å². The third-order valence-electron chi connectivity index (χ3n) is 15.6. The highest BCUT2D eigenvalue weighted by Gasteiger charge is 2.42. The Balaban J connectivity index is 1.05. The van der Waals surface area contributed by atoms with Crippen LogP contribution in [0.15, 0.2) is 130 Å². The summed E-state index contributed by atoms with van der Waals surface area (Å²) < 4.78 is 0.654. The molecule has 0 saturated carbocycles. The first-order valence-corrected chi connectivity index (χ1v) is 28.7. The molecule has 12 rings (SSSR count). The predicted octanol–water partition coefficient (Wildman–Crippen LogP) is 17.1. The third-order valence-corrected chi connectivity index (χ3v) is 17.2. The van der Waals surface area contributed by atoms with Crippen molar-refractivity contribution in [3.8, 4) is 0 Å². The molecule has 14 heteroatoms. The van der Waals surface area contributed by atoms with Gasteiger partial charge in [-0.25, -0.2) is 9.80 Å². The first-order valence-electron chi connectivity index (χ1n) is 27.1. The molecule has 10 aromatic rings. The maximum Gasteiger partial charge on any atom is 0.266 e. The van der Waals surface area contributed by atoms with E-state index >= 15 is 19.2 Å². The lowest BCUT2D eigenvalue weighted by molar-refractivity contribution is 0.0877. The van der Waals surface area contributed by atoms with Crippen molar-refractivity contribution in [3.63, 3.8) is 0 Å². The number of hydrogen-bond acceptors (Lipinski definition) is 11. The van der Waals surface area contributed by atoms with Crippen molar-refractivity contribution in [3.05, 3.63) is 175 Å². The molecule has 0 spiro atoms. The van der Waals surface area contributed by atoms with Gasteiger partial charge < -0.3 is 16.0 Å². The smallest absolute Gasteiger partial charge is 0.266 e. The molecule has 3 N–H and O–H groups in total. The van der Waals surface area contributed by atoms with Gasteiger partial charge in [0.1, 0.15) is 0 Å². The molecule has 4 amide bonds. The van der Waals surface area contributed by atoms with Gasteiger partial charge in [0, 0.05) is 76.1 Å². The van der Waals surface area contributed by atoms with Crippen LogP contribution in [0.25, 0.3) is 43.1 Å². The first kappa shape index (κ1) is 52.5. The van der Waals surface area contributed by atoms with Gasteiger partial charge in [0.2, 0.25) is 17.8 Å². The van der Waals surface area contributed by atoms with Crippen LogP contribution in [0.4, 0.5) is 40.6 Å². The van der Waals surface area contributed by atoms with E-state index in [4.69, 9.17) is 4.98 Å². The molecule has 3 heterocycles. The molecular formula is C66H59BrN8O4S. The number of carbonyl (C=O) groups excluding carboxylic acids is 4. The summed E-state index contributed by atoms with van der Waals surface area (Å²) in [5, 5.41) is 15.5. The molecule has 0 unspecified atom stereocenters. The van der Waals surface area contributed by atoms with E-state index in [-0.39, 0.29) is 35.5 Å². The maximum absolute atomic E-state index is 15.7. The Bertz CT molecular complexity index is 4230. The molecule has 0 bridgehead atoms. The minimum Gasteiger partial charge on any atom is -0.357 e. The minimum atomic E-state index is -0.402. The number of halogens is 1. The van der Waals surface area contributed by atoms with Gasteiger partial charge in [-0.3, -0.25) is 19.2 Å². The number of para-hydroxylation sites is 2. The molecule has 400 valence electrons. The summed E-state index contributed by atoms with van der Waals surface area (Å²) >= 11 is 5.48. The number of imide groups is 2.